The highest BCUT2D eigenvalue weighted by Gasteiger charge is 2.16. The lowest BCUT2D eigenvalue weighted by molar-refractivity contribution is -0.118. The van der Waals surface area contributed by atoms with Gasteiger partial charge in [0, 0.05) is 18.5 Å². The molecule has 130 valence electrons. The van der Waals surface area contributed by atoms with Gasteiger partial charge >= 0.3 is 0 Å². The minimum atomic E-state index is 0.0293. The van der Waals surface area contributed by atoms with E-state index in [4.69, 9.17) is 16.3 Å². The molecule has 1 aromatic heterocycles. The molecule has 25 heavy (non-hydrogen) atoms. The maximum Gasteiger partial charge on any atom is 0.226 e. The van der Waals surface area contributed by atoms with Crippen LogP contribution in [0.5, 0.6) is 5.75 Å². The summed E-state index contributed by atoms with van der Waals surface area (Å²) in [5, 5.41) is 1.64. The highest BCUT2D eigenvalue weighted by molar-refractivity contribution is 7.18. The number of amides is 1. The predicted molar refractivity (Wildman–Crippen MR) is 104 cm³/mol. The Labute approximate surface area is 156 Å². The van der Waals surface area contributed by atoms with Crippen LogP contribution in [0.1, 0.15) is 17.8 Å². The van der Waals surface area contributed by atoms with Gasteiger partial charge in [0.2, 0.25) is 5.91 Å². The number of ether oxygens (including phenoxy) is 1. The largest absolute Gasteiger partial charge is 0.495 e. The number of rotatable bonds is 6. The predicted octanol–water partition coefficient (Wildman–Crippen LogP) is 4.94. The summed E-state index contributed by atoms with van der Waals surface area (Å²) in [6.45, 7) is 0. The van der Waals surface area contributed by atoms with Gasteiger partial charge in [0.05, 0.1) is 28.0 Å². The zero-order valence-corrected chi connectivity index (χ0v) is 15.7. The number of aryl methyl sites for hydroxylation is 1. The molecule has 0 aliphatic heterocycles. The molecule has 2 aromatic carbocycles. The summed E-state index contributed by atoms with van der Waals surface area (Å²) < 4.78 is 6.50. The minimum absolute atomic E-state index is 0.0293. The number of halogens is 1. The Morgan fingerprint density at radius 3 is 2.84 bits per heavy atom. The SMILES string of the molecule is COc1ccc(Cl)cc1N(C)C(=O)CCCc1nc2ccccc2s1. The number of benzene rings is 2. The van der Waals surface area contributed by atoms with Gasteiger partial charge in [-0.05, 0) is 43.2 Å². The van der Waals surface area contributed by atoms with Crippen molar-refractivity contribution in [3.05, 3.63) is 52.5 Å². The molecule has 0 radical (unpaired) electrons. The van der Waals surface area contributed by atoms with Crippen LogP contribution in [0.4, 0.5) is 5.69 Å². The number of carbonyl (C=O) groups is 1. The third-order valence-electron chi connectivity index (χ3n) is 4.00. The van der Waals surface area contributed by atoms with E-state index in [9.17, 15) is 4.79 Å². The first-order valence-electron chi connectivity index (χ1n) is 8.03. The highest BCUT2D eigenvalue weighted by Crippen LogP contribution is 2.31. The smallest absolute Gasteiger partial charge is 0.226 e. The number of carbonyl (C=O) groups excluding carboxylic acids is 1. The summed E-state index contributed by atoms with van der Waals surface area (Å²) in [7, 11) is 3.33. The fourth-order valence-electron chi connectivity index (χ4n) is 2.65. The van der Waals surface area contributed by atoms with E-state index < -0.39 is 0 Å². The summed E-state index contributed by atoms with van der Waals surface area (Å²) in [6.07, 6.45) is 2.00. The van der Waals surface area contributed by atoms with Crippen molar-refractivity contribution >= 4 is 44.7 Å². The lowest BCUT2D eigenvalue weighted by Gasteiger charge is -2.20. The number of para-hydroxylation sites is 1. The zero-order valence-electron chi connectivity index (χ0n) is 14.2. The Morgan fingerprint density at radius 1 is 1.28 bits per heavy atom. The van der Waals surface area contributed by atoms with Gasteiger partial charge < -0.3 is 9.64 Å². The monoisotopic (exact) mass is 374 g/mol. The summed E-state index contributed by atoms with van der Waals surface area (Å²) in [5.74, 6) is 0.660. The Kier molecular flexibility index (Phi) is 5.56. The minimum Gasteiger partial charge on any atom is -0.495 e. The third kappa shape index (κ3) is 4.11. The van der Waals surface area contributed by atoms with Crippen LogP contribution < -0.4 is 9.64 Å². The van der Waals surface area contributed by atoms with Gasteiger partial charge in [0.15, 0.2) is 0 Å². The van der Waals surface area contributed by atoms with Crippen molar-refractivity contribution in [2.45, 2.75) is 19.3 Å². The maximum atomic E-state index is 12.5. The van der Waals surface area contributed by atoms with Crippen LogP contribution in [-0.4, -0.2) is 25.0 Å². The molecule has 0 saturated heterocycles. The van der Waals surface area contributed by atoms with E-state index in [-0.39, 0.29) is 5.91 Å². The summed E-state index contributed by atoms with van der Waals surface area (Å²) in [6, 6.07) is 13.3. The Balaban J connectivity index is 1.61. The van der Waals surface area contributed by atoms with Crippen molar-refractivity contribution in [3.8, 4) is 5.75 Å². The normalized spacial score (nSPS) is 10.8. The summed E-state index contributed by atoms with van der Waals surface area (Å²) in [4.78, 5) is 18.7. The van der Waals surface area contributed by atoms with Crippen molar-refractivity contribution in [2.24, 2.45) is 0 Å². The van der Waals surface area contributed by atoms with Crippen LogP contribution in [-0.2, 0) is 11.2 Å². The molecule has 0 aliphatic rings. The molecule has 0 saturated carbocycles. The Bertz CT molecular complexity index is 861. The molecule has 0 fully saturated rings. The summed E-state index contributed by atoms with van der Waals surface area (Å²) in [5.41, 5.74) is 1.70. The molecule has 1 amide bonds. The van der Waals surface area contributed by atoms with Crippen LogP contribution in [0.25, 0.3) is 10.2 Å². The van der Waals surface area contributed by atoms with Gasteiger partial charge in [-0.2, -0.15) is 0 Å². The van der Waals surface area contributed by atoms with Crippen LogP contribution in [0.15, 0.2) is 42.5 Å². The van der Waals surface area contributed by atoms with Gasteiger partial charge in [-0.1, -0.05) is 23.7 Å². The van der Waals surface area contributed by atoms with Crippen molar-refractivity contribution in [1.29, 1.82) is 0 Å². The van der Waals surface area contributed by atoms with Gasteiger partial charge in [0.1, 0.15) is 5.75 Å². The third-order valence-corrected chi connectivity index (χ3v) is 5.33. The molecule has 3 rings (SSSR count). The lowest BCUT2D eigenvalue weighted by Crippen LogP contribution is -2.26. The van der Waals surface area contributed by atoms with Crippen molar-refractivity contribution in [3.63, 3.8) is 0 Å². The van der Waals surface area contributed by atoms with Crippen LogP contribution in [0, 0.1) is 0 Å². The Hall–Kier alpha value is -2.11. The highest BCUT2D eigenvalue weighted by atomic mass is 35.5. The first kappa shape index (κ1) is 17.7. The molecule has 1 heterocycles. The molecular weight excluding hydrogens is 356 g/mol. The van der Waals surface area contributed by atoms with E-state index >= 15 is 0 Å². The number of hydrogen-bond acceptors (Lipinski definition) is 4. The fraction of sp³-hybridized carbons (Fsp3) is 0.263. The molecule has 0 atom stereocenters. The molecule has 0 aliphatic carbocycles. The molecule has 0 unspecified atom stereocenters. The van der Waals surface area contributed by atoms with Crippen LogP contribution in [0.3, 0.4) is 0 Å². The van der Waals surface area contributed by atoms with E-state index in [1.165, 1.54) is 4.70 Å². The molecule has 0 bridgehead atoms. The van der Waals surface area contributed by atoms with Gasteiger partial charge in [-0.3, -0.25) is 4.79 Å². The van der Waals surface area contributed by atoms with Gasteiger partial charge in [0.25, 0.3) is 0 Å². The number of fused-ring (bicyclic) bond motifs is 1. The van der Waals surface area contributed by atoms with E-state index in [2.05, 4.69) is 11.1 Å². The maximum absolute atomic E-state index is 12.5. The fourth-order valence-corrected chi connectivity index (χ4v) is 3.82. The number of methoxy groups -OCH3 is 1. The van der Waals surface area contributed by atoms with Crippen molar-refractivity contribution < 1.29 is 9.53 Å². The van der Waals surface area contributed by atoms with Gasteiger partial charge in [-0.25, -0.2) is 4.98 Å². The standard InChI is InChI=1S/C19H19ClN2O2S/c1-22(15-12-13(20)10-11-16(15)24-2)19(23)9-5-8-18-21-14-6-3-4-7-17(14)25-18/h3-4,6-7,10-12H,5,8-9H2,1-2H3. The average Bonchev–Trinajstić information content (AvgIpc) is 3.03. The lowest BCUT2D eigenvalue weighted by atomic mass is 10.2. The van der Waals surface area contributed by atoms with E-state index in [1.807, 2.05) is 18.2 Å². The molecule has 6 heteroatoms. The molecule has 0 N–H and O–H groups in total. The zero-order chi connectivity index (χ0) is 17.8. The topological polar surface area (TPSA) is 42.4 Å². The average molecular weight is 375 g/mol. The second-order valence-electron chi connectivity index (χ2n) is 5.70. The second kappa shape index (κ2) is 7.85. The first-order chi connectivity index (χ1) is 12.1. The second-order valence-corrected chi connectivity index (χ2v) is 7.25. The molecule has 3 aromatic rings. The quantitative estimate of drug-likeness (QED) is 0.613. The Morgan fingerprint density at radius 2 is 2.08 bits per heavy atom. The van der Waals surface area contributed by atoms with Crippen molar-refractivity contribution in [2.75, 3.05) is 19.1 Å². The molecular formula is C19H19ClN2O2S. The number of nitrogens with zero attached hydrogens (tertiary/aromatic N) is 2. The number of hydrogen-bond donors (Lipinski definition) is 0. The van der Waals surface area contributed by atoms with E-state index in [1.54, 1.807) is 48.6 Å². The van der Waals surface area contributed by atoms with Crippen LogP contribution >= 0.6 is 22.9 Å². The van der Waals surface area contributed by atoms with E-state index in [0.29, 0.717) is 22.9 Å². The van der Waals surface area contributed by atoms with Gasteiger partial charge in [-0.15, -0.1) is 11.3 Å². The van der Waals surface area contributed by atoms with Crippen molar-refractivity contribution in [1.82, 2.24) is 4.98 Å². The number of aromatic nitrogens is 1. The number of anilines is 1. The first-order valence-corrected chi connectivity index (χ1v) is 9.22. The molecule has 4 nitrogen and oxygen atoms in total. The van der Waals surface area contributed by atoms with E-state index in [0.717, 1.165) is 23.4 Å². The van der Waals surface area contributed by atoms with Crippen LogP contribution in [0.2, 0.25) is 5.02 Å². The number of thiazole rings is 1. The molecule has 0 spiro atoms. The summed E-state index contributed by atoms with van der Waals surface area (Å²) >= 11 is 7.73.